The summed E-state index contributed by atoms with van der Waals surface area (Å²) in [4.78, 5) is 11.6. The quantitative estimate of drug-likeness (QED) is 0.321. The maximum atomic E-state index is 11.6. The van der Waals surface area contributed by atoms with Crippen LogP contribution in [-0.2, 0) is 9.53 Å². The Morgan fingerprint density at radius 3 is 2.40 bits per heavy atom. The number of methoxy groups -OCH3 is 1. The first-order valence-corrected chi connectivity index (χ1v) is 11.8. The van der Waals surface area contributed by atoms with Crippen molar-refractivity contribution >= 4 is 35.0 Å². The van der Waals surface area contributed by atoms with Crippen molar-refractivity contribution in [3.8, 4) is 0 Å². The van der Waals surface area contributed by atoms with Crippen molar-refractivity contribution in [3.63, 3.8) is 0 Å². The maximum absolute atomic E-state index is 11.6. The summed E-state index contributed by atoms with van der Waals surface area (Å²) < 4.78 is 8.36. The number of ether oxygens (including phenoxy) is 1. The summed E-state index contributed by atoms with van der Waals surface area (Å²) in [7, 11) is -0.0367. The number of hydrogen-bond acceptors (Lipinski definition) is 2. The number of carbonyl (C=O) groups excluding carboxylic acids is 1. The summed E-state index contributed by atoms with van der Waals surface area (Å²) in [6, 6.07) is 0. The zero-order chi connectivity index (χ0) is 11.9. The first-order chi connectivity index (χ1) is 6.93. The summed E-state index contributed by atoms with van der Waals surface area (Å²) >= 11 is -0.130. The summed E-state index contributed by atoms with van der Waals surface area (Å²) in [5, 5.41) is 0.989. The molecule has 0 aromatic rings. The van der Waals surface area contributed by atoms with Crippen molar-refractivity contribution < 1.29 is 9.53 Å². The molecule has 0 heterocycles. The molecule has 2 nitrogen and oxygen atoms in total. The summed E-state index contributed by atoms with van der Waals surface area (Å²) in [6.07, 6.45) is 2.54. The van der Waals surface area contributed by atoms with Gasteiger partial charge in [-0.2, -0.15) is 0 Å². The molecule has 0 aromatic heterocycles. The van der Waals surface area contributed by atoms with Crippen molar-refractivity contribution in [2.75, 3.05) is 7.11 Å². The number of hydrogen-bond donors (Lipinski definition) is 0. The van der Waals surface area contributed by atoms with Crippen LogP contribution in [0.25, 0.3) is 0 Å². The molecule has 88 valence electrons. The van der Waals surface area contributed by atoms with Crippen LogP contribution >= 0.6 is 0 Å². The van der Waals surface area contributed by atoms with Crippen molar-refractivity contribution in [1.82, 2.24) is 0 Å². The average Bonchev–Trinajstić information content (AvgIpc) is 2.15. The van der Waals surface area contributed by atoms with Gasteiger partial charge in [0.1, 0.15) is 0 Å². The molecular weight excluding hydrogens is 320 g/mol. The van der Waals surface area contributed by atoms with Crippen LogP contribution in [0.3, 0.4) is 0 Å². The molecule has 0 radical (unpaired) electrons. The summed E-state index contributed by atoms with van der Waals surface area (Å²) in [6.45, 7) is 8.80. The van der Waals surface area contributed by atoms with Crippen LogP contribution in [0.2, 0.25) is 24.1 Å². The fraction of sp³-hybridized carbons (Fsp3) is 0.727. The van der Waals surface area contributed by atoms with Gasteiger partial charge < -0.3 is 0 Å². The Kier molecular flexibility index (Phi) is 7.59. The van der Waals surface area contributed by atoms with Crippen molar-refractivity contribution in [2.45, 2.75) is 43.9 Å². The van der Waals surface area contributed by atoms with Crippen molar-refractivity contribution in [2.24, 2.45) is 0 Å². The van der Waals surface area contributed by atoms with E-state index in [9.17, 15) is 4.79 Å². The number of rotatable bonds is 6. The van der Waals surface area contributed by atoms with Gasteiger partial charge in [0.15, 0.2) is 0 Å². The molecule has 0 aromatic carbocycles. The third-order valence-electron chi connectivity index (χ3n) is 2.03. The van der Waals surface area contributed by atoms with E-state index in [0.29, 0.717) is 0 Å². The summed E-state index contributed by atoms with van der Waals surface area (Å²) in [5.41, 5.74) is 0. The van der Waals surface area contributed by atoms with Crippen molar-refractivity contribution in [3.05, 3.63) is 9.32 Å². The van der Waals surface area contributed by atoms with E-state index in [2.05, 4.69) is 30.7 Å². The first-order valence-electron chi connectivity index (χ1n) is 5.34. The summed E-state index contributed by atoms with van der Waals surface area (Å²) in [5.74, 6) is -0.101. The fourth-order valence-corrected chi connectivity index (χ4v) is 8.05. The van der Waals surface area contributed by atoms with Crippen LogP contribution in [-0.4, -0.2) is 42.1 Å². The molecule has 0 rings (SSSR count). The molecular formula is C11H22O2SiTe. The molecule has 15 heavy (non-hydrogen) atoms. The molecule has 0 N–H and O–H groups in total. The van der Waals surface area contributed by atoms with Gasteiger partial charge in [0.25, 0.3) is 0 Å². The second kappa shape index (κ2) is 7.48. The normalized spacial score (nSPS) is 12.7. The monoisotopic (exact) mass is 344 g/mol. The SMILES string of the molecule is CCCC[Te]/C=C(\C(=O)OC)[Si](C)(C)C. The van der Waals surface area contributed by atoms with E-state index in [1.165, 1.54) is 24.4 Å². The molecule has 0 atom stereocenters. The molecule has 0 aliphatic heterocycles. The Morgan fingerprint density at radius 2 is 2.00 bits per heavy atom. The predicted molar refractivity (Wildman–Crippen MR) is 68.9 cm³/mol. The van der Waals surface area contributed by atoms with Gasteiger partial charge in [-0.15, -0.1) is 0 Å². The van der Waals surface area contributed by atoms with Crippen LogP contribution in [0.5, 0.6) is 0 Å². The molecule has 0 unspecified atom stereocenters. The Hall–Kier alpha value is 0.216. The zero-order valence-corrected chi connectivity index (χ0v) is 13.8. The van der Waals surface area contributed by atoms with E-state index in [1.54, 1.807) is 0 Å². The third-order valence-corrected chi connectivity index (χ3v) is 7.29. The number of carbonyl (C=O) groups is 1. The van der Waals surface area contributed by atoms with Crippen LogP contribution in [0.1, 0.15) is 19.8 Å². The predicted octanol–water partition coefficient (Wildman–Crippen LogP) is 2.84. The topological polar surface area (TPSA) is 26.3 Å². The number of esters is 1. The molecule has 0 amide bonds. The second-order valence-electron chi connectivity index (χ2n) is 4.50. The molecule has 0 saturated heterocycles. The molecule has 4 heteroatoms. The first kappa shape index (κ1) is 15.2. The van der Waals surface area contributed by atoms with E-state index < -0.39 is 8.07 Å². The molecule has 0 bridgehead atoms. The molecule has 0 aliphatic rings. The molecule has 0 saturated carbocycles. The molecule has 0 aliphatic carbocycles. The van der Waals surface area contributed by atoms with E-state index in [1.807, 2.05) is 0 Å². The van der Waals surface area contributed by atoms with Crippen LogP contribution in [0, 0.1) is 0 Å². The van der Waals surface area contributed by atoms with Gasteiger partial charge in [-0.3, -0.25) is 0 Å². The van der Waals surface area contributed by atoms with Gasteiger partial charge in [0.05, 0.1) is 0 Å². The third kappa shape index (κ3) is 6.39. The van der Waals surface area contributed by atoms with Gasteiger partial charge >= 0.3 is 105 Å². The van der Waals surface area contributed by atoms with Gasteiger partial charge in [-0.1, -0.05) is 0 Å². The average molecular weight is 342 g/mol. The molecule has 0 fully saturated rings. The fourth-order valence-electron chi connectivity index (χ4n) is 1.01. The minimum absolute atomic E-state index is 0.101. The van der Waals surface area contributed by atoms with Crippen LogP contribution in [0.4, 0.5) is 0 Å². The van der Waals surface area contributed by atoms with E-state index >= 15 is 0 Å². The van der Waals surface area contributed by atoms with Gasteiger partial charge in [-0.25, -0.2) is 0 Å². The minimum atomic E-state index is -1.51. The van der Waals surface area contributed by atoms with Crippen LogP contribution < -0.4 is 0 Å². The van der Waals surface area contributed by atoms with E-state index in [4.69, 9.17) is 4.74 Å². The van der Waals surface area contributed by atoms with E-state index in [0.717, 1.165) is 5.20 Å². The standard InChI is InChI=1S/C11H22O2SiTe/c1-6-7-8-15-9-10(11(12)13-2)14(3,4)5/h9H,6-8H2,1-5H3/b10-9+. The number of unbranched alkanes of at least 4 members (excludes halogenated alkanes) is 1. The van der Waals surface area contributed by atoms with E-state index in [-0.39, 0.29) is 26.9 Å². The Morgan fingerprint density at radius 1 is 1.40 bits per heavy atom. The van der Waals surface area contributed by atoms with Crippen LogP contribution in [0.15, 0.2) is 9.32 Å². The Balaban J connectivity index is 4.43. The van der Waals surface area contributed by atoms with Gasteiger partial charge in [-0.05, 0) is 0 Å². The second-order valence-corrected chi connectivity index (χ2v) is 12.3. The van der Waals surface area contributed by atoms with Gasteiger partial charge in [0.2, 0.25) is 0 Å². The Labute approximate surface area is 105 Å². The zero-order valence-electron chi connectivity index (χ0n) is 10.4. The Bertz CT molecular complexity index is 231. The van der Waals surface area contributed by atoms with Gasteiger partial charge in [0, 0.05) is 0 Å². The molecule has 0 spiro atoms. The van der Waals surface area contributed by atoms with Crippen molar-refractivity contribution in [1.29, 1.82) is 0 Å².